The van der Waals surface area contributed by atoms with Gasteiger partial charge in [0.05, 0.1) is 6.61 Å². The zero-order valence-electron chi connectivity index (χ0n) is 26.1. The summed E-state index contributed by atoms with van der Waals surface area (Å²) in [6.07, 6.45) is 9.76. The Morgan fingerprint density at radius 2 is 1.59 bits per heavy atom. The topological polar surface area (TPSA) is 106 Å². The van der Waals surface area contributed by atoms with Gasteiger partial charge in [-0.25, -0.2) is 4.79 Å². The summed E-state index contributed by atoms with van der Waals surface area (Å²) in [7, 11) is -2.32. The highest BCUT2D eigenvalue weighted by Crippen LogP contribution is 2.45. The minimum Gasteiger partial charge on any atom is -0.453 e. The molecule has 41 heavy (non-hydrogen) atoms. The van der Waals surface area contributed by atoms with Crippen molar-refractivity contribution < 1.29 is 27.5 Å². The van der Waals surface area contributed by atoms with E-state index in [-0.39, 0.29) is 23.9 Å². The smallest absolute Gasteiger partial charge is 0.351 e. The first kappa shape index (κ1) is 35.3. The number of anilines is 1. The zero-order valence-corrected chi connectivity index (χ0v) is 27.1. The minimum absolute atomic E-state index is 0.0495. The predicted octanol–water partition coefficient (Wildman–Crippen LogP) is 7.38. The molecule has 8 nitrogen and oxygen atoms in total. The van der Waals surface area contributed by atoms with Gasteiger partial charge < -0.3 is 19.6 Å². The Morgan fingerprint density at radius 1 is 1.05 bits per heavy atom. The number of hydrogen-bond acceptors (Lipinski definition) is 7. The maximum atomic E-state index is 15.7. The minimum atomic E-state index is -3.69. The molecule has 2 rings (SSSR count). The van der Waals surface area contributed by atoms with Crippen molar-refractivity contribution in [2.75, 3.05) is 12.3 Å². The normalized spacial score (nSPS) is 20.8. The van der Waals surface area contributed by atoms with E-state index in [0.717, 1.165) is 25.5 Å². The monoisotopic (exact) mass is 601 g/mol. The van der Waals surface area contributed by atoms with Crippen LogP contribution in [0.5, 0.6) is 0 Å². The molecule has 0 aliphatic carbocycles. The van der Waals surface area contributed by atoms with Crippen LogP contribution in [0.25, 0.3) is 0 Å². The van der Waals surface area contributed by atoms with Gasteiger partial charge in [0.25, 0.3) is 0 Å². The van der Waals surface area contributed by atoms with Gasteiger partial charge >= 0.3 is 17.6 Å². The highest BCUT2D eigenvalue weighted by Gasteiger charge is 2.62. The molecule has 1 aliphatic rings. The first-order valence-electron chi connectivity index (χ1n) is 15.4. The van der Waals surface area contributed by atoms with E-state index in [1.165, 1.54) is 57.4 Å². The molecule has 1 fully saturated rings. The number of nitrogen functional groups attached to an aromatic ring is 1. The molecule has 2 heterocycles. The lowest BCUT2D eigenvalue weighted by Crippen LogP contribution is -2.47. The summed E-state index contributed by atoms with van der Waals surface area (Å²) >= 11 is 0. The quantitative estimate of drug-likeness (QED) is 0.106. The number of aromatic nitrogens is 2. The second kappa shape index (κ2) is 16.1. The van der Waals surface area contributed by atoms with Gasteiger partial charge in [0, 0.05) is 12.6 Å². The van der Waals surface area contributed by atoms with Crippen molar-refractivity contribution in [3.63, 3.8) is 0 Å². The van der Waals surface area contributed by atoms with Crippen molar-refractivity contribution in [1.29, 1.82) is 0 Å². The highest BCUT2D eigenvalue weighted by molar-refractivity contribution is 6.74. The van der Waals surface area contributed by atoms with Crippen LogP contribution in [0.3, 0.4) is 0 Å². The van der Waals surface area contributed by atoms with Crippen LogP contribution >= 0.6 is 0 Å². The molecule has 2 N–H and O–H groups in total. The maximum Gasteiger partial charge on any atom is 0.351 e. The molecule has 0 spiro atoms. The fraction of sp³-hybridized carbons (Fsp3) is 0.833. The van der Waals surface area contributed by atoms with Crippen LogP contribution in [0.1, 0.15) is 117 Å². The standard InChI is InChI=1S/C30H53F2N3O5Si/c1-7-8-9-10-11-12-13-14-15-16-17-18-19-25(36)40-26-23(22-38-41(5,6)29(2,3)4)39-27(30(26,31)32)35-21-20-24(33)34-28(35)37/h20-21,23,26-27H,7-19,22H2,1-6H3,(H2,33,34,37)/t23-,26-,27-/m1/s1. The molecule has 3 atom stereocenters. The number of nitrogens with zero attached hydrogens (tertiary/aromatic N) is 2. The lowest BCUT2D eigenvalue weighted by molar-refractivity contribution is -0.176. The number of esters is 1. The van der Waals surface area contributed by atoms with E-state index in [2.05, 4.69) is 11.9 Å². The van der Waals surface area contributed by atoms with Crippen molar-refractivity contribution in [2.45, 2.75) is 154 Å². The zero-order chi connectivity index (χ0) is 30.7. The molecule has 11 heteroatoms. The van der Waals surface area contributed by atoms with E-state index < -0.39 is 44.3 Å². The van der Waals surface area contributed by atoms with Gasteiger partial charge in [0.2, 0.25) is 6.23 Å². The van der Waals surface area contributed by atoms with E-state index in [9.17, 15) is 9.59 Å². The SMILES string of the molecule is CCCCCCCCCCCCCCC(=O)O[C@@H]1[C@@H](CO[Si](C)(C)C(C)(C)C)O[C@@H](n2ccc(N)nc2=O)C1(F)F. The molecule has 0 amide bonds. The first-order chi connectivity index (χ1) is 19.2. The predicted molar refractivity (Wildman–Crippen MR) is 160 cm³/mol. The number of rotatable bonds is 18. The Bertz CT molecular complexity index is 999. The Hall–Kier alpha value is -1.85. The number of hydrogen-bond donors (Lipinski definition) is 1. The number of carbonyl (C=O) groups excluding carboxylic acids is 1. The molecule has 236 valence electrons. The average molecular weight is 602 g/mol. The summed E-state index contributed by atoms with van der Waals surface area (Å²) in [6, 6.07) is 1.24. The number of carbonyl (C=O) groups is 1. The summed E-state index contributed by atoms with van der Waals surface area (Å²) in [5.74, 6) is -4.48. The van der Waals surface area contributed by atoms with Crippen LogP contribution < -0.4 is 11.4 Å². The van der Waals surface area contributed by atoms with Gasteiger partial charge in [-0.1, -0.05) is 98.3 Å². The van der Waals surface area contributed by atoms with Gasteiger partial charge in [0.15, 0.2) is 14.4 Å². The average Bonchev–Trinajstić information content (AvgIpc) is 3.12. The van der Waals surface area contributed by atoms with Crippen LogP contribution in [0, 0.1) is 0 Å². The Labute approximate surface area is 245 Å². The van der Waals surface area contributed by atoms with Gasteiger partial charge in [-0.3, -0.25) is 9.36 Å². The van der Waals surface area contributed by atoms with E-state index in [1.54, 1.807) is 0 Å². The molecular weight excluding hydrogens is 548 g/mol. The van der Waals surface area contributed by atoms with Gasteiger partial charge in [-0.05, 0) is 30.6 Å². The molecule has 0 radical (unpaired) electrons. The molecule has 1 saturated heterocycles. The second-order valence-corrected chi connectivity index (χ2v) is 17.7. The van der Waals surface area contributed by atoms with Crippen molar-refractivity contribution in [3.05, 3.63) is 22.7 Å². The van der Waals surface area contributed by atoms with Crippen molar-refractivity contribution in [1.82, 2.24) is 9.55 Å². The summed E-state index contributed by atoms with van der Waals surface area (Å²) in [5.41, 5.74) is 4.56. The van der Waals surface area contributed by atoms with E-state index in [0.29, 0.717) is 11.0 Å². The van der Waals surface area contributed by atoms with E-state index >= 15 is 8.78 Å². The molecule has 0 bridgehead atoms. The number of unbranched alkanes of at least 4 members (excludes halogenated alkanes) is 11. The number of ether oxygens (including phenoxy) is 2. The summed E-state index contributed by atoms with van der Waals surface area (Å²) in [6.45, 7) is 12.2. The number of alkyl halides is 2. The summed E-state index contributed by atoms with van der Waals surface area (Å²) in [4.78, 5) is 28.6. The van der Waals surface area contributed by atoms with Gasteiger partial charge in [-0.15, -0.1) is 0 Å². The largest absolute Gasteiger partial charge is 0.453 e. The van der Waals surface area contributed by atoms with E-state index in [1.807, 2.05) is 33.9 Å². The number of halogens is 2. The molecule has 0 unspecified atom stereocenters. The van der Waals surface area contributed by atoms with Gasteiger partial charge in [-0.2, -0.15) is 13.8 Å². The maximum absolute atomic E-state index is 15.7. The highest BCUT2D eigenvalue weighted by atomic mass is 28.4. The molecular formula is C30H53F2N3O5Si. The Balaban J connectivity index is 1.93. The first-order valence-corrected chi connectivity index (χ1v) is 18.3. The molecule has 1 aliphatic heterocycles. The van der Waals surface area contributed by atoms with E-state index in [4.69, 9.17) is 19.6 Å². The fourth-order valence-corrected chi connectivity index (χ4v) is 5.68. The van der Waals surface area contributed by atoms with Crippen LogP contribution in [-0.4, -0.2) is 48.6 Å². The fourth-order valence-electron chi connectivity index (χ4n) is 4.67. The lowest BCUT2D eigenvalue weighted by atomic mass is 10.0. The lowest BCUT2D eigenvalue weighted by Gasteiger charge is -2.37. The third-order valence-corrected chi connectivity index (χ3v) is 12.9. The third-order valence-electron chi connectivity index (χ3n) is 8.36. The Morgan fingerprint density at radius 3 is 2.10 bits per heavy atom. The molecule has 0 aromatic carbocycles. The van der Waals surface area contributed by atoms with Crippen molar-refractivity contribution in [3.8, 4) is 0 Å². The molecule has 0 saturated carbocycles. The second-order valence-electron chi connectivity index (χ2n) is 12.9. The van der Waals surface area contributed by atoms with Crippen LogP contribution in [0.2, 0.25) is 18.1 Å². The van der Waals surface area contributed by atoms with Crippen LogP contribution in [-0.2, 0) is 18.7 Å². The van der Waals surface area contributed by atoms with Crippen LogP contribution in [0.4, 0.5) is 14.6 Å². The number of nitrogens with two attached hydrogens (primary N) is 1. The third kappa shape index (κ3) is 10.7. The van der Waals surface area contributed by atoms with Crippen LogP contribution in [0.15, 0.2) is 17.1 Å². The molecule has 1 aromatic heterocycles. The summed E-state index contributed by atoms with van der Waals surface area (Å²) in [5, 5.41) is -0.161. The summed E-state index contributed by atoms with van der Waals surface area (Å²) < 4.78 is 49.3. The molecule has 1 aromatic rings. The van der Waals surface area contributed by atoms with Crippen molar-refractivity contribution in [2.24, 2.45) is 0 Å². The Kier molecular flexibility index (Phi) is 13.9. The van der Waals surface area contributed by atoms with Gasteiger partial charge in [0.1, 0.15) is 11.9 Å². The van der Waals surface area contributed by atoms with Crippen molar-refractivity contribution >= 4 is 20.1 Å².